The Morgan fingerprint density at radius 2 is 1.82 bits per heavy atom. The zero-order valence-electron chi connectivity index (χ0n) is 19.1. The van der Waals surface area contributed by atoms with Gasteiger partial charge in [-0.3, -0.25) is 0 Å². The van der Waals surface area contributed by atoms with Crippen molar-refractivity contribution in [2.45, 2.75) is 26.7 Å². The van der Waals surface area contributed by atoms with Crippen molar-refractivity contribution in [3.05, 3.63) is 95.2 Å². The predicted octanol–water partition coefficient (Wildman–Crippen LogP) is 7.36. The SMILES string of the molecule is CC1CC=CC=C1OC1=CC=C(c2cnnn2-c2ccc3[nH]c4ccc(Cl)cc4c3c2)C(C)C1. The molecule has 0 spiro atoms. The maximum Gasteiger partial charge on any atom is 0.107 e. The van der Waals surface area contributed by atoms with Crippen LogP contribution in [0, 0.1) is 11.8 Å². The van der Waals surface area contributed by atoms with Gasteiger partial charge in [0.2, 0.25) is 0 Å². The van der Waals surface area contributed by atoms with Gasteiger partial charge >= 0.3 is 0 Å². The lowest BCUT2D eigenvalue weighted by Gasteiger charge is -2.25. The molecule has 2 atom stereocenters. The molecule has 5 nitrogen and oxygen atoms in total. The first-order valence-electron chi connectivity index (χ1n) is 11.6. The fourth-order valence-electron chi connectivity index (χ4n) is 4.86. The number of hydrogen-bond donors (Lipinski definition) is 1. The standard InChI is InChI=1S/C28H25ClN4O/c1-17-5-3-4-6-28(17)34-21-9-10-22(18(2)13-21)27-16-30-32-33(27)20-8-12-26-24(15-20)23-14-19(29)7-11-25(23)31-26/h3-4,6-12,14-18,31H,5,13H2,1-2H3. The fraction of sp³-hybridized carbons (Fsp3) is 0.214. The molecule has 2 aromatic carbocycles. The first-order valence-corrected chi connectivity index (χ1v) is 12.0. The van der Waals surface area contributed by atoms with Crippen LogP contribution in [-0.4, -0.2) is 20.0 Å². The van der Waals surface area contributed by atoms with Gasteiger partial charge in [-0.1, -0.05) is 48.9 Å². The number of allylic oxidation sites excluding steroid dienone is 8. The summed E-state index contributed by atoms with van der Waals surface area (Å²) in [6, 6.07) is 12.2. The Labute approximate surface area is 203 Å². The van der Waals surface area contributed by atoms with Crippen molar-refractivity contribution in [2.75, 3.05) is 0 Å². The minimum absolute atomic E-state index is 0.280. The van der Waals surface area contributed by atoms with Gasteiger partial charge in [-0.2, -0.15) is 0 Å². The third-order valence-electron chi connectivity index (χ3n) is 6.74. The summed E-state index contributed by atoms with van der Waals surface area (Å²) in [5.41, 5.74) is 5.29. The van der Waals surface area contributed by atoms with Crippen molar-refractivity contribution in [3.8, 4) is 5.69 Å². The molecule has 0 saturated heterocycles. The van der Waals surface area contributed by atoms with Gasteiger partial charge in [-0.05, 0) is 66.5 Å². The molecule has 0 aliphatic heterocycles. The number of nitrogens with one attached hydrogen (secondary N) is 1. The predicted molar refractivity (Wildman–Crippen MR) is 138 cm³/mol. The number of aromatic nitrogens is 4. The molecule has 0 radical (unpaired) electrons. The molecule has 0 amide bonds. The van der Waals surface area contributed by atoms with E-state index in [0.717, 1.165) is 62.6 Å². The second kappa shape index (κ2) is 8.33. The molecule has 0 fully saturated rings. The number of fused-ring (bicyclic) bond motifs is 3. The highest BCUT2D eigenvalue weighted by Gasteiger charge is 2.23. The Kier molecular flexibility index (Phi) is 5.15. The van der Waals surface area contributed by atoms with Gasteiger partial charge in [-0.25, -0.2) is 4.68 Å². The van der Waals surface area contributed by atoms with Crippen LogP contribution in [0.1, 0.15) is 32.4 Å². The third-order valence-corrected chi connectivity index (χ3v) is 6.98. The molecular formula is C28H25ClN4O. The Bertz CT molecular complexity index is 1530. The van der Waals surface area contributed by atoms with Crippen molar-refractivity contribution >= 4 is 39.0 Å². The Morgan fingerprint density at radius 1 is 1.00 bits per heavy atom. The molecule has 170 valence electrons. The molecule has 2 aliphatic rings. The van der Waals surface area contributed by atoms with Crippen LogP contribution >= 0.6 is 11.6 Å². The molecule has 1 N–H and O–H groups in total. The quantitative estimate of drug-likeness (QED) is 0.340. The molecule has 6 rings (SSSR count). The lowest BCUT2D eigenvalue weighted by Crippen LogP contribution is -2.12. The summed E-state index contributed by atoms with van der Waals surface area (Å²) in [7, 11) is 0. The van der Waals surface area contributed by atoms with E-state index in [1.54, 1.807) is 0 Å². The van der Waals surface area contributed by atoms with E-state index >= 15 is 0 Å². The zero-order chi connectivity index (χ0) is 23.2. The van der Waals surface area contributed by atoms with Crippen LogP contribution in [0.15, 0.2) is 84.5 Å². The van der Waals surface area contributed by atoms with E-state index in [1.807, 2.05) is 29.1 Å². The van der Waals surface area contributed by atoms with E-state index in [1.165, 1.54) is 5.57 Å². The van der Waals surface area contributed by atoms with Gasteiger partial charge in [0.1, 0.15) is 11.5 Å². The Morgan fingerprint density at radius 3 is 2.65 bits per heavy atom. The molecule has 0 bridgehead atoms. The monoisotopic (exact) mass is 468 g/mol. The van der Waals surface area contributed by atoms with E-state index in [-0.39, 0.29) is 5.92 Å². The van der Waals surface area contributed by atoms with Gasteiger partial charge in [0.25, 0.3) is 0 Å². The molecule has 4 aromatic rings. The average Bonchev–Trinajstić information content (AvgIpc) is 3.45. The van der Waals surface area contributed by atoms with Gasteiger partial charge in [0.15, 0.2) is 0 Å². The number of ether oxygens (including phenoxy) is 1. The number of halogens is 1. The van der Waals surface area contributed by atoms with Crippen LogP contribution in [0.25, 0.3) is 33.1 Å². The summed E-state index contributed by atoms with van der Waals surface area (Å²) < 4.78 is 8.18. The Balaban J connectivity index is 1.35. The smallest absolute Gasteiger partial charge is 0.107 e. The van der Waals surface area contributed by atoms with Crippen LogP contribution in [0.4, 0.5) is 0 Å². The molecule has 34 heavy (non-hydrogen) atoms. The van der Waals surface area contributed by atoms with Crippen molar-refractivity contribution in [1.29, 1.82) is 0 Å². The van der Waals surface area contributed by atoms with Crippen LogP contribution in [0.5, 0.6) is 0 Å². The topological polar surface area (TPSA) is 55.7 Å². The Hall–Kier alpha value is -3.57. The summed E-state index contributed by atoms with van der Waals surface area (Å²) in [6.07, 6.45) is 14.3. The second-order valence-electron chi connectivity index (χ2n) is 9.17. The fourth-order valence-corrected chi connectivity index (χ4v) is 5.04. The van der Waals surface area contributed by atoms with E-state index in [9.17, 15) is 0 Å². The van der Waals surface area contributed by atoms with Crippen molar-refractivity contribution < 1.29 is 4.74 Å². The summed E-state index contributed by atoms with van der Waals surface area (Å²) in [5, 5.41) is 11.6. The molecule has 2 aromatic heterocycles. The van der Waals surface area contributed by atoms with Gasteiger partial charge < -0.3 is 9.72 Å². The van der Waals surface area contributed by atoms with Crippen molar-refractivity contribution in [3.63, 3.8) is 0 Å². The zero-order valence-corrected chi connectivity index (χ0v) is 19.9. The lowest BCUT2D eigenvalue weighted by molar-refractivity contribution is 0.241. The summed E-state index contributed by atoms with van der Waals surface area (Å²) in [5.74, 6) is 2.73. The number of rotatable bonds is 4. The largest absolute Gasteiger partial charge is 0.466 e. The highest BCUT2D eigenvalue weighted by atomic mass is 35.5. The molecule has 2 aliphatic carbocycles. The average molecular weight is 469 g/mol. The molecule has 2 unspecified atom stereocenters. The van der Waals surface area contributed by atoms with Crippen LogP contribution in [0.2, 0.25) is 5.02 Å². The molecule has 6 heteroatoms. The molecule has 2 heterocycles. The number of hydrogen-bond acceptors (Lipinski definition) is 3. The highest BCUT2D eigenvalue weighted by molar-refractivity contribution is 6.31. The maximum absolute atomic E-state index is 6.27. The van der Waals surface area contributed by atoms with E-state index in [2.05, 4.69) is 77.7 Å². The summed E-state index contributed by atoms with van der Waals surface area (Å²) >= 11 is 6.27. The van der Waals surface area contributed by atoms with E-state index in [4.69, 9.17) is 16.3 Å². The number of benzene rings is 2. The van der Waals surface area contributed by atoms with Crippen molar-refractivity contribution in [1.82, 2.24) is 20.0 Å². The van der Waals surface area contributed by atoms with Gasteiger partial charge in [0.05, 0.1) is 17.6 Å². The van der Waals surface area contributed by atoms with Crippen molar-refractivity contribution in [2.24, 2.45) is 11.8 Å². The lowest BCUT2D eigenvalue weighted by atomic mass is 9.90. The van der Waals surface area contributed by atoms with Crippen LogP contribution in [-0.2, 0) is 4.74 Å². The van der Waals surface area contributed by atoms with Crippen LogP contribution < -0.4 is 0 Å². The first-order chi connectivity index (χ1) is 16.6. The molecular weight excluding hydrogens is 444 g/mol. The second-order valence-corrected chi connectivity index (χ2v) is 9.61. The third kappa shape index (κ3) is 3.66. The first kappa shape index (κ1) is 21.0. The van der Waals surface area contributed by atoms with E-state index in [0.29, 0.717) is 5.92 Å². The molecule has 0 saturated carbocycles. The normalized spacial score (nSPS) is 20.4. The van der Waals surface area contributed by atoms with Crippen LogP contribution in [0.3, 0.4) is 0 Å². The minimum atomic E-state index is 0.280. The maximum atomic E-state index is 6.27. The number of nitrogens with zero attached hydrogens (tertiary/aromatic N) is 3. The number of aromatic amines is 1. The summed E-state index contributed by atoms with van der Waals surface area (Å²) in [6.45, 7) is 4.43. The van der Waals surface area contributed by atoms with Gasteiger partial charge in [0, 0.05) is 39.2 Å². The minimum Gasteiger partial charge on any atom is -0.466 e. The summed E-state index contributed by atoms with van der Waals surface area (Å²) in [4.78, 5) is 3.46. The highest BCUT2D eigenvalue weighted by Crippen LogP contribution is 2.36. The van der Waals surface area contributed by atoms with E-state index < -0.39 is 0 Å². The number of H-pyrrole nitrogens is 1. The van der Waals surface area contributed by atoms with Gasteiger partial charge in [-0.15, -0.1) is 5.10 Å².